The molecule has 3 aliphatic rings. The SMILES string of the molecule is CC1(C)CC(Cn2ccc3cc(C4C=NNC4)cnc32)CN1C(=O)C1=CC=CC(F)C1. The summed E-state index contributed by atoms with van der Waals surface area (Å²) in [6, 6.07) is 4.29. The molecule has 1 saturated heterocycles. The fourth-order valence-electron chi connectivity index (χ4n) is 5.11. The van der Waals surface area contributed by atoms with Crippen LogP contribution in [0, 0.1) is 5.92 Å². The van der Waals surface area contributed by atoms with E-state index < -0.39 is 6.17 Å². The summed E-state index contributed by atoms with van der Waals surface area (Å²) in [7, 11) is 0. The number of hydrogen-bond donors (Lipinski definition) is 1. The number of nitrogens with zero attached hydrogens (tertiary/aromatic N) is 4. The van der Waals surface area contributed by atoms with Crippen molar-refractivity contribution in [3.8, 4) is 0 Å². The summed E-state index contributed by atoms with van der Waals surface area (Å²) in [6.07, 6.45) is 10.9. The number of likely N-dealkylation sites (tertiary alicyclic amines) is 1. The number of aromatic nitrogens is 2. The number of alkyl halides is 1. The number of fused-ring (bicyclic) bond motifs is 1. The molecule has 1 N–H and O–H groups in total. The van der Waals surface area contributed by atoms with Crippen molar-refractivity contribution in [2.24, 2.45) is 11.0 Å². The number of pyridine rings is 1. The molecule has 6 nitrogen and oxygen atoms in total. The number of hydrogen-bond acceptors (Lipinski definition) is 4. The summed E-state index contributed by atoms with van der Waals surface area (Å²) in [6.45, 7) is 6.50. The number of amides is 1. The van der Waals surface area contributed by atoms with E-state index in [0.29, 0.717) is 18.0 Å². The molecule has 1 fully saturated rings. The zero-order chi connectivity index (χ0) is 21.6. The molecule has 0 radical (unpaired) electrons. The molecule has 2 aliphatic heterocycles. The van der Waals surface area contributed by atoms with Crippen LogP contribution in [0.3, 0.4) is 0 Å². The molecule has 1 amide bonds. The van der Waals surface area contributed by atoms with Crippen LogP contribution in [-0.4, -0.2) is 51.4 Å². The van der Waals surface area contributed by atoms with Gasteiger partial charge in [0.05, 0.1) is 0 Å². The van der Waals surface area contributed by atoms with Gasteiger partial charge in [0.1, 0.15) is 11.8 Å². The number of halogens is 1. The minimum absolute atomic E-state index is 0.0357. The molecule has 7 heteroatoms. The molecule has 31 heavy (non-hydrogen) atoms. The Bertz CT molecular complexity index is 1100. The third-order valence-electron chi connectivity index (χ3n) is 6.67. The van der Waals surface area contributed by atoms with Gasteiger partial charge in [0.25, 0.3) is 0 Å². The van der Waals surface area contributed by atoms with Crippen LogP contribution in [0.2, 0.25) is 0 Å². The van der Waals surface area contributed by atoms with E-state index in [2.05, 4.69) is 47.3 Å². The molecule has 5 rings (SSSR count). The Kier molecular flexibility index (Phi) is 4.91. The van der Waals surface area contributed by atoms with E-state index in [1.165, 1.54) is 11.6 Å². The highest BCUT2D eigenvalue weighted by atomic mass is 19.1. The lowest BCUT2D eigenvalue weighted by Crippen LogP contribution is -2.43. The van der Waals surface area contributed by atoms with Crippen LogP contribution >= 0.6 is 0 Å². The van der Waals surface area contributed by atoms with Crippen LogP contribution < -0.4 is 5.43 Å². The number of nitrogens with one attached hydrogen (secondary N) is 1. The molecule has 4 heterocycles. The summed E-state index contributed by atoms with van der Waals surface area (Å²) >= 11 is 0. The second kappa shape index (κ2) is 7.62. The van der Waals surface area contributed by atoms with Crippen LogP contribution in [-0.2, 0) is 11.3 Å². The summed E-state index contributed by atoms with van der Waals surface area (Å²) in [5.41, 5.74) is 5.44. The second-order valence-electron chi connectivity index (χ2n) is 9.49. The van der Waals surface area contributed by atoms with Crippen molar-refractivity contribution in [1.82, 2.24) is 19.9 Å². The lowest BCUT2D eigenvalue weighted by Gasteiger charge is -2.32. The molecule has 0 bridgehead atoms. The van der Waals surface area contributed by atoms with Crippen molar-refractivity contribution >= 4 is 23.2 Å². The number of allylic oxidation sites excluding steroid dienone is 3. The highest BCUT2D eigenvalue weighted by Gasteiger charge is 2.42. The van der Waals surface area contributed by atoms with Gasteiger partial charge in [-0.15, -0.1) is 0 Å². The molecule has 1 aliphatic carbocycles. The highest BCUT2D eigenvalue weighted by Crippen LogP contribution is 2.36. The molecule has 0 saturated carbocycles. The first-order valence-electron chi connectivity index (χ1n) is 10.9. The van der Waals surface area contributed by atoms with Gasteiger partial charge in [-0.05, 0) is 43.9 Å². The van der Waals surface area contributed by atoms with E-state index in [1.54, 1.807) is 12.2 Å². The first-order valence-corrected chi connectivity index (χ1v) is 10.9. The fraction of sp³-hybridized carbons (Fsp3) is 0.458. The Balaban J connectivity index is 1.32. The van der Waals surface area contributed by atoms with Crippen LogP contribution in [0.25, 0.3) is 11.0 Å². The first-order chi connectivity index (χ1) is 14.9. The van der Waals surface area contributed by atoms with Crippen LogP contribution in [0.5, 0.6) is 0 Å². The van der Waals surface area contributed by atoms with Crippen molar-refractivity contribution < 1.29 is 9.18 Å². The van der Waals surface area contributed by atoms with Gasteiger partial charge in [0.15, 0.2) is 0 Å². The zero-order valence-electron chi connectivity index (χ0n) is 18.0. The van der Waals surface area contributed by atoms with Gasteiger partial charge in [-0.2, -0.15) is 5.10 Å². The number of rotatable bonds is 4. The van der Waals surface area contributed by atoms with E-state index in [-0.39, 0.29) is 23.8 Å². The Morgan fingerprint density at radius 3 is 3.03 bits per heavy atom. The minimum atomic E-state index is -1.07. The number of hydrazone groups is 1. The molecule has 0 spiro atoms. The normalized spacial score (nSPS) is 27.0. The van der Waals surface area contributed by atoms with Crippen molar-refractivity contribution in [2.75, 3.05) is 13.1 Å². The molecular formula is C24H28FN5O. The maximum absolute atomic E-state index is 13.8. The summed E-state index contributed by atoms with van der Waals surface area (Å²) in [5.74, 6) is 0.554. The predicted octanol–water partition coefficient (Wildman–Crippen LogP) is 3.56. The van der Waals surface area contributed by atoms with Gasteiger partial charge in [-0.3, -0.25) is 4.79 Å². The molecule has 162 valence electrons. The molecule has 3 unspecified atom stereocenters. The van der Waals surface area contributed by atoms with Crippen molar-refractivity contribution in [3.63, 3.8) is 0 Å². The third-order valence-corrected chi connectivity index (χ3v) is 6.67. The number of carbonyl (C=O) groups excluding carboxylic acids is 1. The van der Waals surface area contributed by atoms with E-state index in [0.717, 1.165) is 30.5 Å². The lowest BCUT2D eigenvalue weighted by atomic mass is 9.95. The quantitative estimate of drug-likeness (QED) is 0.821. The van der Waals surface area contributed by atoms with Gasteiger partial charge in [0.2, 0.25) is 5.91 Å². The summed E-state index contributed by atoms with van der Waals surface area (Å²) < 4.78 is 15.9. The zero-order valence-corrected chi connectivity index (χ0v) is 18.0. The standard InChI is InChI=1S/C24H28FN5O/c1-24(2)10-16(15-30(24)23(31)18-4-3-5-21(25)9-18)14-29-7-6-17-8-19(11-26-22(17)29)20-12-27-28-13-20/h3-8,11-12,16,20-21,28H,9-10,13-15H2,1-2H3. The highest BCUT2D eigenvalue weighted by molar-refractivity contribution is 5.94. The Morgan fingerprint density at radius 2 is 2.26 bits per heavy atom. The van der Waals surface area contributed by atoms with Gasteiger partial charge in [-0.1, -0.05) is 18.2 Å². The van der Waals surface area contributed by atoms with Crippen LogP contribution in [0.1, 0.15) is 38.2 Å². The van der Waals surface area contributed by atoms with Crippen molar-refractivity contribution in [2.45, 2.75) is 50.9 Å². The Morgan fingerprint density at radius 1 is 1.39 bits per heavy atom. The maximum atomic E-state index is 13.8. The predicted molar refractivity (Wildman–Crippen MR) is 120 cm³/mol. The number of carbonyl (C=O) groups is 1. The van der Waals surface area contributed by atoms with E-state index in [1.807, 2.05) is 17.3 Å². The monoisotopic (exact) mass is 421 g/mol. The maximum Gasteiger partial charge on any atom is 0.250 e. The summed E-state index contributed by atoms with van der Waals surface area (Å²) in [4.78, 5) is 19.8. The van der Waals surface area contributed by atoms with E-state index >= 15 is 0 Å². The minimum Gasteiger partial charge on any atom is -0.333 e. The smallest absolute Gasteiger partial charge is 0.250 e. The summed E-state index contributed by atoms with van der Waals surface area (Å²) in [5, 5.41) is 5.22. The lowest BCUT2D eigenvalue weighted by molar-refractivity contribution is -0.130. The Hall–Kier alpha value is -2.96. The van der Waals surface area contributed by atoms with Gasteiger partial charge in [0, 0.05) is 67.1 Å². The van der Waals surface area contributed by atoms with Crippen LogP contribution in [0.4, 0.5) is 4.39 Å². The average molecular weight is 422 g/mol. The molecule has 2 aromatic heterocycles. The molecule has 2 aromatic rings. The topological polar surface area (TPSA) is 62.5 Å². The van der Waals surface area contributed by atoms with Gasteiger partial charge in [-0.25, -0.2) is 9.37 Å². The molecule has 3 atom stereocenters. The molecular weight excluding hydrogens is 393 g/mol. The first kappa shape index (κ1) is 20.0. The fourth-order valence-corrected chi connectivity index (χ4v) is 5.11. The van der Waals surface area contributed by atoms with E-state index in [4.69, 9.17) is 4.98 Å². The van der Waals surface area contributed by atoms with Gasteiger partial charge >= 0.3 is 0 Å². The van der Waals surface area contributed by atoms with Crippen molar-refractivity contribution in [1.29, 1.82) is 0 Å². The average Bonchev–Trinajstić information content (AvgIpc) is 3.47. The molecule has 0 aromatic carbocycles. The van der Waals surface area contributed by atoms with E-state index in [9.17, 15) is 9.18 Å². The largest absolute Gasteiger partial charge is 0.333 e. The third kappa shape index (κ3) is 3.77. The Labute approximate surface area is 181 Å². The van der Waals surface area contributed by atoms with Crippen LogP contribution in [0.15, 0.2) is 53.4 Å². The van der Waals surface area contributed by atoms with Gasteiger partial charge < -0.3 is 14.9 Å². The second-order valence-corrected chi connectivity index (χ2v) is 9.49. The van der Waals surface area contributed by atoms with Crippen molar-refractivity contribution in [3.05, 3.63) is 53.9 Å².